The molecule has 102 valence electrons. The lowest BCUT2D eigenvalue weighted by atomic mass is 10.5. The Bertz CT molecular complexity index is 554. The van der Waals surface area contributed by atoms with Gasteiger partial charge in [0.25, 0.3) is 0 Å². The molecule has 0 unspecified atom stereocenters. The molecule has 0 bridgehead atoms. The molecule has 0 atom stereocenters. The van der Waals surface area contributed by atoms with Crippen molar-refractivity contribution < 1.29 is 0 Å². The van der Waals surface area contributed by atoms with Crippen molar-refractivity contribution in [2.75, 3.05) is 18.0 Å². The molecule has 0 N–H and O–H groups in total. The van der Waals surface area contributed by atoms with Crippen molar-refractivity contribution in [2.45, 2.75) is 23.9 Å². The van der Waals surface area contributed by atoms with Gasteiger partial charge in [-0.05, 0) is 37.2 Å². The fourth-order valence-corrected chi connectivity index (χ4v) is 2.55. The molecule has 19 heavy (non-hydrogen) atoms. The van der Waals surface area contributed by atoms with Crippen molar-refractivity contribution in [3.05, 3.63) is 17.7 Å². The number of aryl methyl sites for hydroxylation is 1. The number of aromatic nitrogens is 5. The number of rotatable bonds is 5. The Morgan fingerprint density at radius 1 is 1.26 bits per heavy atom. The molecule has 2 aromatic heterocycles. The van der Waals surface area contributed by atoms with Gasteiger partial charge in [0.05, 0.1) is 11.1 Å². The van der Waals surface area contributed by atoms with E-state index in [0.29, 0.717) is 11.1 Å². The topological polar surface area (TPSA) is 59.7 Å². The minimum atomic E-state index is 0.211. The van der Waals surface area contributed by atoms with Gasteiger partial charge in [-0.3, -0.25) is 4.68 Å². The molecular weight excluding hydrogens is 284 g/mol. The van der Waals surface area contributed by atoms with Crippen LogP contribution in [0.1, 0.15) is 13.8 Å². The van der Waals surface area contributed by atoms with Crippen LogP contribution in [0.4, 0.5) is 5.95 Å². The summed E-state index contributed by atoms with van der Waals surface area (Å²) in [4.78, 5) is 15.7. The SMILES string of the molecule is CCN(CC)c1nc(Cl)nc(Sc2cnn(C)c2)n1. The average molecular weight is 299 g/mol. The molecule has 0 aromatic carbocycles. The molecule has 0 saturated heterocycles. The Hall–Kier alpha value is -1.34. The third-order valence-corrected chi connectivity index (χ3v) is 3.49. The molecule has 0 aliphatic carbocycles. The second kappa shape index (κ2) is 6.21. The van der Waals surface area contributed by atoms with Crippen LogP contribution in [0.15, 0.2) is 22.4 Å². The molecule has 0 aliphatic rings. The van der Waals surface area contributed by atoms with Crippen LogP contribution in [-0.2, 0) is 7.05 Å². The molecule has 2 heterocycles. The van der Waals surface area contributed by atoms with E-state index in [-0.39, 0.29) is 5.28 Å². The van der Waals surface area contributed by atoms with Crippen LogP contribution in [0.25, 0.3) is 0 Å². The van der Waals surface area contributed by atoms with Gasteiger partial charge in [0, 0.05) is 26.3 Å². The van der Waals surface area contributed by atoms with E-state index in [1.165, 1.54) is 11.8 Å². The first kappa shape index (κ1) is 14.1. The van der Waals surface area contributed by atoms with Crippen LogP contribution in [0.5, 0.6) is 0 Å². The maximum Gasteiger partial charge on any atom is 0.230 e. The zero-order valence-corrected chi connectivity index (χ0v) is 12.6. The molecule has 2 rings (SSSR count). The Kier molecular flexibility index (Phi) is 4.60. The van der Waals surface area contributed by atoms with E-state index in [9.17, 15) is 0 Å². The van der Waals surface area contributed by atoms with E-state index in [4.69, 9.17) is 11.6 Å². The zero-order chi connectivity index (χ0) is 13.8. The second-order valence-corrected chi connectivity index (χ2v) is 5.19. The van der Waals surface area contributed by atoms with Crippen molar-refractivity contribution >= 4 is 29.3 Å². The van der Waals surface area contributed by atoms with Crippen molar-refractivity contribution in [3.8, 4) is 0 Å². The van der Waals surface area contributed by atoms with Crippen LogP contribution in [0.3, 0.4) is 0 Å². The molecular formula is C11H15ClN6S. The number of anilines is 1. The molecule has 0 fully saturated rings. The fourth-order valence-electron chi connectivity index (χ4n) is 1.57. The molecule has 0 aliphatic heterocycles. The third-order valence-electron chi connectivity index (χ3n) is 2.51. The maximum atomic E-state index is 5.96. The Balaban J connectivity index is 2.25. The lowest BCUT2D eigenvalue weighted by Gasteiger charge is -2.18. The summed E-state index contributed by atoms with van der Waals surface area (Å²) in [6.45, 7) is 5.76. The number of nitrogens with zero attached hydrogens (tertiary/aromatic N) is 6. The van der Waals surface area contributed by atoms with Crippen molar-refractivity contribution in [1.82, 2.24) is 24.7 Å². The summed E-state index contributed by atoms with van der Waals surface area (Å²) in [6, 6.07) is 0. The highest BCUT2D eigenvalue weighted by atomic mass is 35.5. The van der Waals surface area contributed by atoms with Crippen LogP contribution in [0, 0.1) is 0 Å². The summed E-state index contributed by atoms with van der Waals surface area (Å²) in [5.41, 5.74) is 0. The smallest absolute Gasteiger partial charge is 0.230 e. The highest BCUT2D eigenvalue weighted by Crippen LogP contribution is 2.25. The molecule has 0 radical (unpaired) electrons. The lowest BCUT2D eigenvalue weighted by molar-refractivity contribution is 0.766. The predicted octanol–water partition coefficient (Wildman–Crippen LogP) is 2.26. The number of hydrogen-bond acceptors (Lipinski definition) is 6. The highest BCUT2D eigenvalue weighted by molar-refractivity contribution is 7.99. The molecule has 2 aromatic rings. The average Bonchev–Trinajstić information content (AvgIpc) is 2.75. The zero-order valence-electron chi connectivity index (χ0n) is 11.0. The standard InChI is InChI=1S/C11H15ClN6S/c1-4-18(5-2)10-14-9(12)15-11(16-10)19-8-6-13-17(3)7-8/h6-7H,4-5H2,1-3H3. The first-order valence-corrected chi connectivity index (χ1v) is 7.14. The Morgan fingerprint density at radius 3 is 2.58 bits per heavy atom. The van der Waals surface area contributed by atoms with E-state index >= 15 is 0 Å². The molecule has 6 nitrogen and oxygen atoms in total. The summed E-state index contributed by atoms with van der Waals surface area (Å²) in [6.07, 6.45) is 3.67. The van der Waals surface area contributed by atoms with Gasteiger partial charge in [-0.2, -0.15) is 20.1 Å². The first-order chi connectivity index (χ1) is 9.12. The number of halogens is 1. The van der Waals surface area contributed by atoms with Crippen LogP contribution in [-0.4, -0.2) is 37.8 Å². The number of hydrogen-bond donors (Lipinski definition) is 0. The van der Waals surface area contributed by atoms with Crippen LogP contribution < -0.4 is 4.90 Å². The molecule has 0 saturated carbocycles. The maximum absolute atomic E-state index is 5.96. The predicted molar refractivity (Wildman–Crippen MR) is 75.7 cm³/mol. The second-order valence-electron chi connectivity index (χ2n) is 3.81. The van der Waals surface area contributed by atoms with Crippen LogP contribution >= 0.6 is 23.4 Å². The summed E-state index contributed by atoms with van der Waals surface area (Å²) in [5.74, 6) is 0.608. The van der Waals surface area contributed by atoms with E-state index in [1.807, 2.05) is 18.1 Å². The Morgan fingerprint density at radius 2 is 2.00 bits per heavy atom. The van der Waals surface area contributed by atoms with Crippen molar-refractivity contribution in [1.29, 1.82) is 0 Å². The van der Waals surface area contributed by atoms with Gasteiger partial charge in [0.1, 0.15) is 0 Å². The summed E-state index contributed by atoms with van der Waals surface area (Å²) in [7, 11) is 1.87. The van der Waals surface area contributed by atoms with E-state index in [2.05, 4.69) is 33.9 Å². The van der Waals surface area contributed by atoms with Gasteiger partial charge >= 0.3 is 0 Å². The van der Waals surface area contributed by atoms with E-state index < -0.39 is 0 Å². The van der Waals surface area contributed by atoms with Gasteiger partial charge in [-0.25, -0.2) is 0 Å². The first-order valence-electron chi connectivity index (χ1n) is 5.95. The minimum absolute atomic E-state index is 0.211. The largest absolute Gasteiger partial charge is 0.341 e. The quantitative estimate of drug-likeness (QED) is 0.844. The molecule has 0 spiro atoms. The van der Waals surface area contributed by atoms with Crippen molar-refractivity contribution in [2.24, 2.45) is 7.05 Å². The van der Waals surface area contributed by atoms with Crippen LogP contribution in [0.2, 0.25) is 5.28 Å². The summed E-state index contributed by atoms with van der Waals surface area (Å²) < 4.78 is 1.73. The third kappa shape index (κ3) is 3.57. The van der Waals surface area contributed by atoms with Gasteiger partial charge < -0.3 is 4.90 Å². The van der Waals surface area contributed by atoms with E-state index in [1.54, 1.807) is 10.9 Å². The highest BCUT2D eigenvalue weighted by Gasteiger charge is 2.11. The Labute approximate surface area is 121 Å². The monoisotopic (exact) mass is 298 g/mol. The van der Waals surface area contributed by atoms with Gasteiger partial charge in [0.2, 0.25) is 11.2 Å². The normalized spacial score (nSPS) is 10.7. The summed E-state index contributed by atoms with van der Waals surface area (Å²) in [5, 5.41) is 4.90. The van der Waals surface area contributed by atoms with Gasteiger partial charge in [0.15, 0.2) is 5.16 Å². The van der Waals surface area contributed by atoms with E-state index in [0.717, 1.165) is 18.0 Å². The summed E-state index contributed by atoms with van der Waals surface area (Å²) >= 11 is 7.37. The molecule has 0 amide bonds. The molecule has 8 heteroatoms. The lowest BCUT2D eigenvalue weighted by Crippen LogP contribution is -2.24. The minimum Gasteiger partial charge on any atom is -0.341 e. The van der Waals surface area contributed by atoms with Gasteiger partial charge in [-0.1, -0.05) is 0 Å². The van der Waals surface area contributed by atoms with Crippen molar-refractivity contribution in [3.63, 3.8) is 0 Å². The van der Waals surface area contributed by atoms with Gasteiger partial charge in [-0.15, -0.1) is 0 Å². The fraction of sp³-hybridized carbons (Fsp3) is 0.455.